The molecule has 1 rings (SSSR count). The second kappa shape index (κ2) is 4.08. The molecule has 1 unspecified atom stereocenters. The van der Waals surface area contributed by atoms with Crippen molar-refractivity contribution in [1.29, 1.82) is 0 Å². The molecule has 3 N–H and O–H groups in total. The summed E-state index contributed by atoms with van der Waals surface area (Å²) in [5.74, 6) is -0.966. The van der Waals surface area contributed by atoms with E-state index >= 15 is 0 Å². The molecule has 0 saturated carbocycles. The van der Waals surface area contributed by atoms with Gasteiger partial charge in [0, 0.05) is 19.6 Å². The summed E-state index contributed by atoms with van der Waals surface area (Å²) in [5.41, 5.74) is 4.29. The van der Waals surface area contributed by atoms with Crippen LogP contribution in [-0.4, -0.2) is 53.4 Å². The van der Waals surface area contributed by atoms with Crippen molar-refractivity contribution in [3.8, 4) is 0 Å². The van der Waals surface area contributed by atoms with Crippen LogP contribution in [0.4, 0.5) is 0 Å². The van der Waals surface area contributed by atoms with E-state index in [0.717, 1.165) is 6.54 Å². The normalized spacial score (nSPS) is 25.9. The van der Waals surface area contributed by atoms with E-state index in [1.807, 2.05) is 18.7 Å². The smallest absolute Gasteiger partial charge is 0.324 e. The molecule has 0 aromatic carbocycles. The van der Waals surface area contributed by atoms with Gasteiger partial charge in [0.1, 0.15) is 5.54 Å². The second-order valence-electron chi connectivity index (χ2n) is 5.04. The molecule has 1 heterocycles. The molecule has 0 spiro atoms. The minimum atomic E-state index is -1.19. The molecule has 1 aliphatic rings. The lowest BCUT2D eigenvalue weighted by molar-refractivity contribution is -0.145. The summed E-state index contributed by atoms with van der Waals surface area (Å²) in [7, 11) is 0. The summed E-state index contributed by atoms with van der Waals surface area (Å²) in [5, 5.41) is 8.92. The Kier molecular flexibility index (Phi) is 3.38. The average molecular weight is 216 g/mol. The van der Waals surface area contributed by atoms with Gasteiger partial charge in [-0.1, -0.05) is 0 Å². The van der Waals surface area contributed by atoms with Gasteiger partial charge in [-0.25, -0.2) is 0 Å². The number of carbonyl (C=O) groups is 1. The van der Waals surface area contributed by atoms with Crippen molar-refractivity contribution in [2.24, 2.45) is 5.73 Å². The van der Waals surface area contributed by atoms with Crippen molar-refractivity contribution in [2.75, 3.05) is 26.2 Å². The number of hydrogen-bond acceptors (Lipinski definition) is 4. The molecule has 5 heteroatoms. The molecule has 0 bridgehead atoms. The molecule has 88 valence electrons. The molecule has 1 fully saturated rings. The molecule has 5 nitrogen and oxygen atoms in total. The molecule has 1 atom stereocenters. The third-order valence-corrected chi connectivity index (χ3v) is 2.55. The van der Waals surface area contributed by atoms with Crippen LogP contribution in [0.1, 0.15) is 20.8 Å². The van der Waals surface area contributed by atoms with E-state index in [-0.39, 0.29) is 5.60 Å². The molecular formula is C10H20N2O3. The van der Waals surface area contributed by atoms with Crippen molar-refractivity contribution >= 4 is 5.97 Å². The molecule has 1 saturated heterocycles. The van der Waals surface area contributed by atoms with Gasteiger partial charge in [0.2, 0.25) is 0 Å². The van der Waals surface area contributed by atoms with Gasteiger partial charge < -0.3 is 15.6 Å². The van der Waals surface area contributed by atoms with E-state index in [4.69, 9.17) is 15.6 Å². The lowest BCUT2D eigenvalue weighted by Gasteiger charge is -2.40. The van der Waals surface area contributed by atoms with Crippen LogP contribution >= 0.6 is 0 Å². The lowest BCUT2D eigenvalue weighted by atomic mass is 10.0. The minimum absolute atomic E-state index is 0.215. The van der Waals surface area contributed by atoms with Gasteiger partial charge in [-0.2, -0.15) is 0 Å². The summed E-state index contributed by atoms with van der Waals surface area (Å²) >= 11 is 0. The summed E-state index contributed by atoms with van der Waals surface area (Å²) in [4.78, 5) is 12.9. The molecule has 0 aromatic rings. The van der Waals surface area contributed by atoms with Crippen molar-refractivity contribution in [1.82, 2.24) is 4.90 Å². The fourth-order valence-corrected chi connectivity index (χ4v) is 1.78. The Labute approximate surface area is 90.2 Å². The topological polar surface area (TPSA) is 75.8 Å². The van der Waals surface area contributed by atoms with Gasteiger partial charge in [-0.15, -0.1) is 0 Å². The van der Waals surface area contributed by atoms with Crippen LogP contribution in [-0.2, 0) is 9.53 Å². The Morgan fingerprint density at radius 1 is 1.67 bits per heavy atom. The molecule has 15 heavy (non-hydrogen) atoms. The number of nitrogens with zero attached hydrogens (tertiary/aromatic N) is 1. The van der Waals surface area contributed by atoms with Gasteiger partial charge in [0.25, 0.3) is 0 Å². The summed E-state index contributed by atoms with van der Waals surface area (Å²) < 4.78 is 5.54. The van der Waals surface area contributed by atoms with E-state index in [2.05, 4.69) is 0 Å². The molecule has 1 aliphatic heterocycles. The number of carboxylic acid groups (broad SMARTS) is 1. The highest BCUT2D eigenvalue weighted by molar-refractivity contribution is 5.78. The predicted octanol–water partition coefficient (Wildman–Crippen LogP) is -0.101. The average Bonchev–Trinajstić information content (AvgIpc) is 2.00. The van der Waals surface area contributed by atoms with Gasteiger partial charge >= 0.3 is 5.97 Å². The first-order valence-corrected chi connectivity index (χ1v) is 5.11. The fourth-order valence-electron chi connectivity index (χ4n) is 1.78. The lowest BCUT2D eigenvalue weighted by Crippen LogP contribution is -2.58. The Bertz CT molecular complexity index is 251. The zero-order chi connectivity index (χ0) is 11.7. The fraction of sp³-hybridized carbons (Fsp3) is 0.900. The maximum atomic E-state index is 10.9. The van der Waals surface area contributed by atoms with Gasteiger partial charge in [-0.3, -0.25) is 9.69 Å². The maximum absolute atomic E-state index is 10.9. The van der Waals surface area contributed by atoms with Crippen molar-refractivity contribution < 1.29 is 14.6 Å². The number of ether oxygens (including phenoxy) is 1. The standard InChI is InChI=1S/C10H20N2O3/c1-9(2)6-12(4-5-15-9)7-10(3,11)8(13)14/h4-7,11H2,1-3H3,(H,13,14). The zero-order valence-electron chi connectivity index (χ0n) is 9.62. The molecular weight excluding hydrogens is 196 g/mol. The Balaban J connectivity index is 2.55. The quantitative estimate of drug-likeness (QED) is 0.689. The highest BCUT2D eigenvalue weighted by Crippen LogP contribution is 2.17. The minimum Gasteiger partial charge on any atom is -0.480 e. The van der Waals surface area contributed by atoms with E-state index in [0.29, 0.717) is 19.7 Å². The number of rotatable bonds is 3. The first kappa shape index (κ1) is 12.4. The molecule has 0 aliphatic carbocycles. The van der Waals surface area contributed by atoms with Gasteiger partial charge in [-0.05, 0) is 20.8 Å². The number of hydrogen-bond donors (Lipinski definition) is 2. The van der Waals surface area contributed by atoms with Crippen LogP contribution < -0.4 is 5.73 Å². The van der Waals surface area contributed by atoms with Crippen molar-refractivity contribution in [3.05, 3.63) is 0 Å². The molecule has 0 amide bonds. The number of morpholine rings is 1. The van der Waals surface area contributed by atoms with Crippen LogP contribution in [0.25, 0.3) is 0 Å². The Morgan fingerprint density at radius 2 is 2.27 bits per heavy atom. The van der Waals surface area contributed by atoms with Crippen molar-refractivity contribution in [3.63, 3.8) is 0 Å². The van der Waals surface area contributed by atoms with E-state index < -0.39 is 11.5 Å². The Hall–Kier alpha value is -0.650. The number of carboxylic acids is 1. The first-order valence-electron chi connectivity index (χ1n) is 5.11. The third-order valence-electron chi connectivity index (χ3n) is 2.55. The predicted molar refractivity (Wildman–Crippen MR) is 56.7 cm³/mol. The molecule has 0 aromatic heterocycles. The Morgan fingerprint density at radius 3 is 2.73 bits per heavy atom. The summed E-state index contributed by atoms with van der Waals surface area (Å²) in [6, 6.07) is 0. The summed E-state index contributed by atoms with van der Waals surface area (Å²) in [6.45, 7) is 7.97. The largest absolute Gasteiger partial charge is 0.480 e. The van der Waals surface area contributed by atoms with E-state index in [9.17, 15) is 4.79 Å². The SMILES string of the molecule is CC1(C)CN(CC(C)(N)C(=O)O)CCO1. The maximum Gasteiger partial charge on any atom is 0.324 e. The zero-order valence-corrected chi connectivity index (χ0v) is 9.62. The highest BCUT2D eigenvalue weighted by Gasteiger charge is 2.34. The number of aliphatic carboxylic acids is 1. The van der Waals surface area contributed by atoms with Gasteiger partial charge in [0.05, 0.1) is 12.2 Å². The summed E-state index contributed by atoms with van der Waals surface area (Å²) in [6.07, 6.45) is 0. The van der Waals surface area contributed by atoms with Crippen LogP contribution in [0.3, 0.4) is 0 Å². The third kappa shape index (κ3) is 3.44. The van der Waals surface area contributed by atoms with Crippen LogP contribution in [0, 0.1) is 0 Å². The number of nitrogens with two attached hydrogens (primary N) is 1. The molecule has 0 radical (unpaired) electrons. The van der Waals surface area contributed by atoms with Crippen molar-refractivity contribution in [2.45, 2.75) is 31.9 Å². The van der Waals surface area contributed by atoms with Crippen LogP contribution in [0.15, 0.2) is 0 Å². The first-order chi connectivity index (χ1) is 6.73. The van der Waals surface area contributed by atoms with Crippen LogP contribution in [0.5, 0.6) is 0 Å². The van der Waals surface area contributed by atoms with Gasteiger partial charge in [0.15, 0.2) is 0 Å². The monoisotopic (exact) mass is 216 g/mol. The highest BCUT2D eigenvalue weighted by atomic mass is 16.5. The second-order valence-corrected chi connectivity index (χ2v) is 5.04. The van der Waals surface area contributed by atoms with Crippen LogP contribution in [0.2, 0.25) is 0 Å². The van der Waals surface area contributed by atoms with E-state index in [1.165, 1.54) is 6.92 Å². The van der Waals surface area contributed by atoms with E-state index in [1.54, 1.807) is 0 Å².